The molecule has 0 spiro atoms. The first-order chi connectivity index (χ1) is 12.4. The fourth-order valence-corrected chi connectivity index (χ4v) is 4.22. The second-order valence-electron chi connectivity index (χ2n) is 5.96. The predicted octanol–water partition coefficient (Wildman–Crippen LogP) is 2.82. The van der Waals surface area contributed by atoms with Gasteiger partial charge >= 0.3 is 0 Å². The number of hydrogen-bond acceptors (Lipinski definition) is 5. The van der Waals surface area contributed by atoms with Crippen molar-refractivity contribution in [2.75, 3.05) is 32.7 Å². The molecule has 0 aliphatic carbocycles. The Morgan fingerprint density at radius 1 is 1.12 bits per heavy atom. The van der Waals surface area contributed by atoms with Gasteiger partial charge in [0.15, 0.2) is 5.76 Å². The van der Waals surface area contributed by atoms with E-state index in [0.717, 1.165) is 24.1 Å². The van der Waals surface area contributed by atoms with Crippen molar-refractivity contribution in [3.63, 3.8) is 0 Å². The zero-order valence-electron chi connectivity index (χ0n) is 14.1. The van der Waals surface area contributed by atoms with Crippen LogP contribution in [0.15, 0.2) is 67.9 Å². The standard InChI is InChI=1S/C18H19BrN2O4S/c1-2-9-20-10-12-21(13-11-20)18(22)16-7-8-17(25-16)26(23,24)15-5-3-14(19)4-6-15/h2-8H,1,9-13H2. The first kappa shape index (κ1) is 18.9. The van der Waals surface area contributed by atoms with Gasteiger partial charge in [0.05, 0.1) is 4.90 Å². The molecule has 1 saturated heterocycles. The maximum Gasteiger partial charge on any atom is 0.289 e. The van der Waals surface area contributed by atoms with E-state index in [2.05, 4.69) is 27.4 Å². The van der Waals surface area contributed by atoms with Gasteiger partial charge in [0, 0.05) is 37.2 Å². The fraction of sp³-hybridized carbons (Fsp3) is 0.278. The van der Waals surface area contributed by atoms with E-state index in [0.29, 0.717) is 13.1 Å². The number of halogens is 1. The first-order valence-corrected chi connectivity index (χ1v) is 10.4. The highest BCUT2D eigenvalue weighted by Crippen LogP contribution is 2.25. The maximum atomic E-state index is 12.6. The quantitative estimate of drug-likeness (QED) is 0.671. The first-order valence-electron chi connectivity index (χ1n) is 8.15. The summed E-state index contributed by atoms with van der Waals surface area (Å²) in [6, 6.07) is 9.02. The predicted molar refractivity (Wildman–Crippen MR) is 101 cm³/mol. The van der Waals surface area contributed by atoms with Crippen molar-refractivity contribution in [2.45, 2.75) is 9.99 Å². The lowest BCUT2D eigenvalue weighted by atomic mass is 10.3. The largest absolute Gasteiger partial charge is 0.439 e. The number of nitrogens with zero attached hydrogens (tertiary/aromatic N) is 2. The van der Waals surface area contributed by atoms with Crippen LogP contribution in [-0.2, 0) is 9.84 Å². The monoisotopic (exact) mass is 438 g/mol. The second kappa shape index (κ2) is 7.77. The molecule has 1 fully saturated rings. The van der Waals surface area contributed by atoms with Gasteiger partial charge in [-0.3, -0.25) is 9.69 Å². The Labute approximate surface area is 161 Å². The van der Waals surface area contributed by atoms with Crippen LogP contribution in [0, 0.1) is 0 Å². The molecule has 0 radical (unpaired) electrons. The topological polar surface area (TPSA) is 70.8 Å². The molecule has 2 aromatic rings. The van der Waals surface area contributed by atoms with Crippen LogP contribution >= 0.6 is 15.9 Å². The van der Waals surface area contributed by atoms with E-state index < -0.39 is 9.84 Å². The van der Waals surface area contributed by atoms with E-state index >= 15 is 0 Å². The number of rotatable bonds is 5. The third-order valence-corrected chi connectivity index (χ3v) is 6.40. The fourth-order valence-electron chi connectivity index (χ4n) is 2.78. The summed E-state index contributed by atoms with van der Waals surface area (Å²) >= 11 is 3.27. The lowest BCUT2D eigenvalue weighted by molar-refractivity contribution is 0.0613. The number of amides is 1. The summed E-state index contributed by atoms with van der Waals surface area (Å²) in [6.45, 7) is 7.15. The van der Waals surface area contributed by atoms with Crippen molar-refractivity contribution in [1.82, 2.24) is 9.80 Å². The van der Waals surface area contributed by atoms with Crippen molar-refractivity contribution < 1.29 is 17.6 Å². The minimum Gasteiger partial charge on any atom is -0.439 e. The lowest BCUT2D eigenvalue weighted by Crippen LogP contribution is -2.48. The number of carbonyl (C=O) groups is 1. The highest BCUT2D eigenvalue weighted by Gasteiger charge is 2.27. The van der Waals surface area contributed by atoms with Crippen molar-refractivity contribution in [3.05, 3.63) is 59.3 Å². The Bertz CT molecular complexity index is 898. The molecular weight excluding hydrogens is 420 g/mol. The van der Waals surface area contributed by atoms with Gasteiger partial charge in [-0.2, -0.15) is 0 Å². The summed E-state index contributed by atoms with van der Waals surface area (Å²) in [5.74, 6) is -0.252. The van der Waals surface area contributed by atoms with Crippen molar-refractivity contribution in [2.24, 2.45) is 0 Å². The smallest absolute Gasteiger partial charge is 0.289 e. The molecule has 3 rings (SSSR count). The van der Waals surface area contributed by atoms with Crippen LogP contribution in [0.4, 0.5) is 0 Å². The zero-order valence-corrected chi connectivity index (χ0v) is 16.5. The third kappa shape index (κ3) is 3.92. The number of piperazine rings is 1. The van der Waals surface area contributed by atoms with E-state index in [4.69, 9.17) is 4.42 Å². The van der Waals surface area contributed by atoms with Gasteiger partial charge in [-0.15, -0.1) is 6.58 Å². The molecule has 1 aromatic carbocycles. The van der Waals surface area contributed by atoms with Crippen molar-refractivity contribution in [3.8, 4) is 0 Å². The van der Waals surface area contributed by atoms with Crippen LogP contribution in [0.3, 0.4) is 0 Å². The molecule has 6 nitrogen and oxygen atoms in total. The summed E-state index contributed by atoms with van der Waals surface area (Å²) in [4.78, 5) is 16.6. The number of benzene rings is 1. The van der Waals surface area contributed by atoms with Crippen LogP contribution in [0.5, 0.6) is 0 Å². The molecule has 0 atom stereocenters. The van der Waals surface area contributed by atoms with Gasteiger partial charge in [-0.05, 0) is 36.4 Å². The van der Waals surface area contributed by atoms with Gasteiger partial charge in [-0.25, -0.2) is 8.42 Å². The zero-order chi connectivity index (χ0) is 18.7. The second-order valence-corrected chi connectivity index (χ2v) is 8.75. The van der Waals surface area contributed by atoms with E-state index in [1.54, 1.807) is 17.0 Å². The van der Waals surface area contributed by atoms with Crippen LogP contribution in [0.2, 0.25) is 0 Å². The van der Waals surface area contributed by atoms with Crippen LogP contribution in [0.25, 0.3) is 0 Å². The molecule has 0 N–H and O–H groups in total. The van der Waals surface area contributed by atoms with Gasteiger partial charge in [0.1, 0.15) is 0 Å². The molecular formula is C18H19BrN2O4S. The Kier molecular flexibility index (Phi) is 5.64. The SMILES string of the molecule is C=CCN1CCN(C(=O)c2ccc(S(=O)(=O)c3ccc(Br)cc3)o2)CC1. The third-order valence-electron chi connectivity index (χ3n) is 4.23. The highest BCUT2D eigenvalue weighted by atomic mass is 79.9. The molecule has 0 unspecified atom stereocenters. The molecule has 138 valence electrons. The summed E-state index contributed by atoms with van der Waals surface area (Å²) in [5.41, 5.74) is 0. The highest BCUT2D eigenvalue weighted by molar-refractivity contribution is 9.10. The Hall–Kier alpha value is -1.90. The minimum atomic E-state index is -3.79. The Morgan fingerprint density at radius 3 is 2.38 bits per heavy atom. The van der Waals surface area contributed by atoms with Gasteiger partial charge in [0.25, 0.3) is 5.91 Å². The Balaban J connectivity index is 1.74. The number of furan rings is 1. The minimum absolute atomic E-state index is 0.0397. The van der Waals surface area contributed by atoms with Crippen LogP contribution < -0.4 is 0 Å². The average Bonchev–Trinajstić information content (AvgIpc) is 3.13. The number of hydrogen-bond donors (Lipinski definition) is 0. The molecule has 0 saturated carbocycles. The van der Waals surface area contributed by atoms with Gasteiger partial charge in [-0.1, -0.05) is 22.0 Å². The van der Waals surface area contributed by atoms with E-state index in [1.165, 1.54) is 24.3 Å². The molecule has 2 heterocycles. The van der Waals surface area contributed by atoms with Crippen LogP contribution in [0.1, 0.15) is 10.6 Å². The normalized spacial score (nSPS) is 15.8. The van der Waals surface area contributed by atoms with E-state index in [-0.39, 0.29) is 21.7 Å². The molecule has 0 bridgehead atoms. The maximum absolute atomic E-state index is 12.6. The molecule has 1 amide bonds. The molecule has 1 aliphatic heterocycles. The Morgan fingerprint density at radius 2 is 1.77 bits per heavy atom. The lowest BCUT2D eigenvalue weighted by Gasteiger charge is -2.33. The van der Waals surface area contributed by atoms with E-state index in [1.807, 2.05) is 6.08 Å². The van der Waals surface area contributed by atoms with Gasteiger partial charge < -0.3 is 9.32 Å². The number of carbonyl (C=O) groups excluding carboxylic acids is 1. The summed E-state index contributed by atoms with van der Waals surface area (Å²) in [5, 5.41) is -0.228. The van der Waals surface area contributed by atoms with Crippen LogP contribution in [-0.4, -0.2) is 56.8 Å². The average molecular weight is 439 g/mol. The summed E-state index contributed by atoms with van der Waals surface area (Å²) < 4.78 is 31.4. The molecule has 8 heteroatoms. The summed E-state index contributed by atoms with van der Waals surface area (Å²) in [7, 11) is -3.79. The molecule has 26 heavy (non-hydrogen) atoms. The number of sulfone groups is 1. The summed E-state index contributed by atoms with van der Waals surface area (Å²) in [6.07, 6.45) is 1.84. The van der Waals surface area contributed by atoms with Crippen molar-refractivity contribution >= 4 is 31.7 Å². The van der Waals surface area contributed by atoms with E-state index in [9.17, 15) is 13.2 Å². The van der Waals surface area contributed by atoms with Gasteiger partial charge in [0.2, 0.25) is 14.9 Å². The molecule has 1 aromatic heterocycles. The molecule has 1 aliphatic rings. The van der Waals surface area contributed by atoms with Crippen molar-refractivity contribution in [1.29, 1.82) is 0 Å².